The van der Waals surface area contributed by atoms with Gasteiger partial charge >= 0.3 is 5.97 Å². The lowest BCUT2D eigenvalue weighted by Crippen LogP contribution is -2.29. The van der Waals surface area contributed by atoms with Crippen LogP contribution < -0.4 is 10.3 Å². The molecule has 4 aromatic rings. The van der Waals surface area contributed by atoms with Crippen molar-refractivity contribution in [2.24, 2.45) is 0 Å². The number of benzene rings is 2. The molecule has 1 aliphatic heterocycles. The smallest absolute Gasteiger partial charge is 0.337 e. The van der Waals surface area contributed by atoms with Crippen LogP contribution in [-0.4, -0.2) is 24.1 Å². The van der Waals surface area contributed by atoms with E-state index in [1.807, 2.05) is 0 Å². The number of aryl methyl sites for hydroxylation is 1. The molecule has 2 aromatic heterocycles. The van der Waals surface area contributed by atoms with Gasteiger partial charge in [-0.15, -0.1) is 0 Å². The Morgan fingerprint density at radius 2 is 1.84 bits per heavy atom. The van der Waals surface area contributed by atoms with Gasteiger partial charge in [-0.25, -0.2) is 4.79 Å². The van der Waals surface area contributed by atoms with Crippen LogP contribution in [0.5, 0.6) is 0 Å². The quantitative estimate of drug-likeness (QED) is 0.470. The van der Waals surface area contributed by atoms with Gasteiger partial charge in [0.1, 0.15) is 11.3 Å². The maximum absolute atomic E-state index is 13.4. The molecule has 8 nitrogen and oxygen atoms in total. The van der Waals surface area contributed by atoms with E-state index in [1.54, 1.807) is 61.5 Å². The lowest BCUT2D eigenvalue weighted by atomic mass is 9.97. The Labute approximate surface area is 175 Å². The normalized spacial score (nSPS) is 15.4. The zero-order valence-electron chi connectivity index (χ0n) is 16.6. The number of rotatable bonds is 3. The predicted molar refractivity (Wildman–Crippen MR) is 110 cm³/mol. The summed E-state index contributed by atoms with van der Waals surface area (Å²) >= 11 is 0. The van der Waals surface area contributed by atoms with Gasteiger partial charge in [0.15, 0.2) is 11.2 Å². The molecular formula is C23H16N2O6. The highest BCUT2D eigenvalue weighted by atomic mass is 16.5. The molecule has 3 heterocycles. The molecule has 0 aliphatic carbocycles. The molecule has 0 fully saturated rings. The van der Waals surface area contributed by atoms with E-state index < -0.39 is 17.9 Å². The summed E-state index contributed by atoms with van der Waals surface area (Å²) in [6.07, 6.45) is 0. The number of ether oxygens (including phenoxy) is 1. The van der Waals surface area contributed by atoms with Crippen LogP contribution in [0, 0.1) is 6.92 Å². The second-order valence-corrected chi connectivity index (χ2v) is 7.16. The molecule has 0 radical (unpaired) electrons. The molecule has 5 rings (SSSR count). The summed E-state index contributed by atoms with van der Waals surface area (Å²) in [6.45, 7) is 1.71. The van der Waals surface area contributed by atoms with E-state index in [0.29, 0.717) is 27.9 Å². The van der Waals surface area contributed by atoms with E-state index in [2.05, 4.69) is 5.16 Å². The minimum absolute atomic E-state index is 0.0357. The summed E-state index contributed by atoms with van der Waals surface area (Å²) in [5.74, 6) is -0.231. The zero-order chi connectivity index (χ0) is 21.7. The Morgan fingerprint density at radius 1 is 1.10 bits per heavy atom. The van der Waals surface area contributed by atoms with Crippen molar-refractivity contribution in [2.45, 2.75) is 13.0 Å². The highest BCUT2D eigenvalue weighted by Gasteiger charge is 2.44. The second-order valence-electron chi connectivity index (χ2n) is 7.16. The zero-order valence-corrected chi connectivity index (χ0v) is 16.6. The Hall–Kier alpha value is -4.20. The van der Waals surface area contributed by atoms with Crippen LogP contribution in [0.4, 0.5) is 5.82 Å². The molecule has 1 atom stereocenters. The Kier molecular flexibility index (Phi) is 4.21. The van der Waals surface area contributed by atoms with E-state index in [-0.39, 0.29) is 22.6 Å². The van der Waals surface area contributed by atoms with Gasteiger partial charge in [0, 0.05) is 6.07 Å². The average molecular weight is 416 g/mol. The first-order chi connectivity index (χ1) is 15.0. The number of para-hydroxylation sites is 1. The molecule has 1 amide bonds. The highest BCUT2D eigenvalue weighted by Crippen LogP contribution is 2.40. The van der Waals surface area contributed by atoms with E-state index in [1.165, 1.54) is 12.0 Å². The van der Waals surface area contributed by atoms with Crippen molar-refractivity contribution in [3.63, 3.8) is 0 Å². The van der Waals surface area contributed by atoms with Gasteiger partial charge in [-0.2, -0.15) is 0 Å². The maximum Gasteiger partial charge on any atom is 0.337 e. The molecule has 31 heavy (non-hydrogen) atoms. The van der Waals surface area contributed by atoms with Gasteiger partial charge in [-0.05, 0) is 36.8 Å². The molecule has 154 valence electrons. The van der Waals surface area contributed by atoms with Crippen LogP contribution in [0.3, 0.4) is 0 Å². The first kappa shape index (κ1) is 18.8. The first-order valence-electron chi connectivity index (χ1n) is 9.50. The molecule has 0 saturated carbocycles. The molecular weight excluding hydrogens is 400 g/mol. The molecule has 2 aromatic carbocycles. The molecule has 0 saturated heterocycles. The standard InChI is InChI=1S/C23H16N2O6/c1-12-11-17(24-31-12)25-19(13-7-9-14(10-8-13)23(28)29-2)18-20(26)15-5-3-4-6-16(15)30-21(18)22(25)27/h3-11,19H,1-2H3. The SMILES string of the molecule is COC(=O)c1ccc(C2c3c(oc4ccccc4c3=O)C(=O)N2c2cc(C)on2)cc1. The van der Waals surface area contributed by atoms with E-state index in [4.69, 9.17) is 13.7 Å². The van der Waals surface area contributed by atoms with Gasteiger partial charge in [-0.3, -0.25) is 14.5 Å². The van der Waals surface area contributed by atoms with Crippen LogP contribution >= 0.6 is 0 Å². The summed E-state index contributed by atoms with van der Waals surface area (Å²) in [5, 5.41) is 4.36. The monoisotopic (exact) mass is 416 g/mol. The van der Waals surface area contributed by atoms with Gasteiger partial charge in [0.2, 0.25) is 5.76 Å². The van der Waals surface area contributed by atoms with Gasteiger partial charge in [-0.1, -0.05) is 29.4 Å². The van der Waals surface area contributed by atoms with Crippen molar-refractivity contribution in [3.8, 4) is 0 Å². The molecule has 1 aliphatic rings. The van der Waals surface area contributed by atoms with Crippen LogP contribution in [0.25, 0.3) is 11.0 Å². The number of hydrogen-bond acceptors (Lipinski definition) is 7. The maximum atomic E-state index is 13.4. The number of fused-ring (bicyclic) bond motifs is 2. The van der Waals surface area contributed by atoms with Gasteiger partial charge < -0.3 is 13.7 Å². The van der Waals surface area contributed by atoms with E-state index >= 15 is 0 Å². The fraction of sp³-hybridized carbons (Fsp3) is 0.130. The Balaban J connectivity index is 1.75. The van der Waals surface area contributed by atoms with Crippen LogP contribution in [-0.2, 0) is 4.74 Å². The third-order valence-electron chi connectivity index (χ3n) is 5.29. The highest BCUT2D eigenvalue weighted by molar-refractivity contribution is 6.10. The minimum Gasteiger partial charge on any atom is -0.465 e. The lowest BCUT2D eigenvalue weighted by molar-refractivity contribution is 0.0600. The number of carbonyl (C=O) groups is 2. The summed E-state index contributed by atoms with van der Waals surface area (Å²) in [7, 11) is 1.30. The van der Waals surface area contributed by atoms with Crippen molar-refractivity contribution < 1.29 is 23.3 Å². The molecule has 0 N–H and O–H groups in total. The number of nitrogens with zero attached hydrogens (tertiary/aromatic N) is 2. The molecule has 8 heteroatoms. The summed E-state index contributed by atoms with van der Waals surface area (Å²) < 4.78 is 15.8. The number of aromatic nitrogens is 1. The topological polar surface area (TPSA) is 103 Å². The lowest BCUT2D eigenvalue weighted by Gasteiger charge is -2.22. The second kappa shape index (κ2) is 6.94. The van der Waals surface area contributed by atoms with Crippen LogP contribution in [0.2, 0.25) is 0 Å². The van der Waals surface area contributed by atoms with Crippen molar-refractivity contribution in [2.75, 3.05) is 12.0 Å². The molecule has 0 bridgehead atoms. The van der Waals surface area contributed by atoms with E-state index in [0.717, 1.165) is 0 Å². The summed E-state index contributed by atoms with van der Waals surface area (Å²) in [6, 6.07) is 14.1. The fourth-order valence-corrected chi connectivity index (χ4v) is 3.86. The molecule has 0 spiro atoms. The van der Waals surface area contributed by atoms with Gasteiger partial charge in [0.25, 0.3) is 5.91 Å². The first-order valence-corrected chi connectivity index (χ1v) is 9.50. The number of amides is 1. The predicted octanol–water partition coefficient (Wildman–Crippen LogP) is 3.63. The number of hydrogen-bond donors (Lipinski definition) is 0. The third kappa shape index (κ3) is 2.83. The number of methoxy groups -OCH3 is 1. The molecule has 1 unspecified atom stereocenters. The third-order valence-corrected chi connectivity index (χ3v) is 5.29. The largest absolute Gasteiger partial charge is 0.465 e. The Bertz CT molecular complexity index is 1400. The van der Waals surface area contributed by atoms with Crippen LogP contribution in [0.1, 0.15) is 43.8 Å². The summed E-state index contributed by atoms with van der Waals surface area (Å²) in [4.78, 5) is 39.9. The summed E-state index contributed by atoms with van der Waals surface area (Å²) in [5.41, 5.74) is 1.22. The Morgan fingerprint density at radius 3 is 2.52 bits per heavy atom. The van der Waals surface area contributed by atoms with Crippen molar-refractivity contribution in [3.05, 3.63) is 93.0 Å². The minimum atomic E-state index is -0.792. The van der Waals surface area contributed by atoms with Crippen molar-refractivity contribution >= 4 is 28.7 Å². The number of carbonyl (C=O) groups excluding carboxylic acids is 2. The van der Waals surface area contributed by atoms with E-state index in [9.17, 15) is 14.4 Å². The van der Waals surface area contributed by atoms with Crippen molar-refractivity contribution in [1.82, 2.24) is 5.16 Å². The average Bonchev–Trinajstić information content (AvgIpc) is 3.34. The van der Waals surface area contributed by atoms with Crippen LogP contribution in [0.15, 0.2) is 68.3 Å². The fourth-order valence-electron chi connectivity index (χ4n) is 3.86. The number of esters is 1. The van der Waals surface area contributed by atoms with Gasteiger partial charge in [0.05, 0.1) is 29.7 Å². The number of anilines is 1. The van der Waals surface area contributed by atoms with Crippen molar-refractivity contribution in [1.29, 1.82) is 0 Å².